The Kier molecular flexibility index (Phi) is 3.36. The Hall–Kier alpha value is -1.20. The molecule has 0 amide bonds. The highest BCUT2D eigenvalue weighted by molar-refractivity contribution is 9.09. The van der Waals surface area contributed by atoms with E-state index < -0.39 is 6.10 Å². The van der Waals surface area contributed by atoms with E-state index >= 15 is 0 Å². The summed E-state index contributed by atoms with van der Waals surface area (Å²) in [7, 11) is 0. The highest BCUT2D eigenvalue weighted by Crippen LogP contribution is 2.05. The summed E-state index contributed by atoms with van der Waals surface area (Å²) in [6, 6.07) is 7.17. The van der Waals surface area contributed by atoms with E-state index in [1.165, 1.54) is 10.9 Å². The van der Waals surface area contributed by atoms with Crippen molar-refractivity contribution in [3.63, 3.8) is 0 Å². The molecule has 0 fully saturated rings. The number of nitrogens with zero attached hydrogens (tertiary/aromatic N) is 2. The minimum Gasteiger partial charge on any atom is -0.390 e. The first-order valence-corrected chi connectivity index (χ1v) is 6.02. The predicted molar refractivity (Wildman–Crippen MR) is 65.8 cm³/mol. The largest absolute Gasteiger partial charge is 0.390 e. The number of aliphatic hydroxyl groups is 1. The summed E-state index contributed by atoms with van der Waals surface area (Å²) in [6.45, 7) is 0.252. The lowest BCUT2D eigenvalue weighted by atomic mass is 10.2. The number of aromatic nitrogens is 2. The van der Waals surface area contributed by atoms with Crippen molar-refractivity contribution in [1.82, 2.24) is 9.55 Å². The molecule has 84 valence electrons. The standard InChI is InChI=1S/C11H11BrN2O2/c12-5-8(15)6-14-7-13-10-4-2-1-3-9(10)11(14)16/h1-4,7-8,15H,5-6H2. The first-order valence-electron chi connectivity index (χ1n) is 4.90. The van der Waals surface area contributed by atoms with E-state index in [0.717, 1.165) is 0 Å². The Balaban J connectivity index is 2.49. The number of rotatable bonds is 3. The molecular weight excluding hydrogens is 272 g/mol. The monoisotopic (exact) mass is 282 g/mol. The van der Waals surface area contributed by atoms with Crippen LogP contribution in [0.4, 0.5) is 0 Å². The van der Waals surface area contributed by atoms with Gasteiger partial charge in [0.15, 0.2) is 0 Å². The quantitative estimate of drug-likeness (QED) is 0.860. The molecule has 0 saturated carbocycles. The molecule has 2 aromatic rings. The Bertz CT molecular complexity index is 553. The molecule has 2 rings (SSSR count). The summed E-state index contributed by atoms with van der Waals surface area (Å²) in [5.74, 6) is 0. The van der Waals surface area contributed by atoms with Crippen LogP contribution in [0.1, 0.15) is 0 Å². The Labute approximate surface area is 101 Å². The lowest BCUT2D eigenvalue weighted by Gasteiger charge is -2.09. The van der Waals surface area contributed by atoms with Crippen LogP contribution in [0.25, 0.3) is 10.9 Å². The van der Waals surface area contributed by atoms with Crippen LogP contribution in [0, 0.1) is 0 Å². The number of benzene rings is 1. The van der Waals surface area contributed by atoms with E-state index in [-0.39, 0.29) is 12.1 Å². The van der Waals surface area contributed by atoms with Gasteiger partial charge in [0, 0.05) is 5.33 Å². The summed E-state index contributed by atoms with van der Waals surface area (Å²) >= 11 is 3.16. The van der Waals surface area contributed by atoms with Crippen molar-refractivity contribution in [3.05, 3.63) is 40.9 Å². The molecule has 0 radical (unpaired) electrons. The van der Waals surface area contributed by atoms with Gasteiger partial charge in [-0.25, -0.2) is 4.98 Å². The molecule has 0 aliphatic carbocycles. The van der Waals surface area contributed by atoms with Gasteiger partial charge in [0.25, 0.3) is 5.56 Å². The van der Waals surface area contributed by atoms with Crippen LogP contribution in [-0.2, 0) is 6.54 Å². The second-order valence-electron chi connectivity index (χ2n) is 3.53. The van der Waals surface area contributed by atoms with Crippen LogP contribution in [0.5, 0.6) is 0 Å². The van der Waals surface area contributed by atoms with Gasteiger partial charge in [-0.05, 0) is 12.1 Å². The van der Waals surface area contributed by atoms with Gasteiger partial charge in [0.2, 0.25) is 0 Å². The zero-order valence-corrected chi connectivity index (χ0v) is 10.1. The number of alkyl halides is 1. The number of aliphatic hydroxyl groups excluding tert-OH is 1. The fourth-order valence-corrected chi connectivity index (χ4v) is 1.72. The fourth-order valence-electron chi connectivity index (χ4n) is 1.51. The van der Waals surface area contributed by atoms with Gasteiger partial charge in [0.05, 0.1) is 29.9 Å². The number of hydrogen-bond donors (Lipinski definition) is 1. The van der Waals surface area contributed by atoms with Gasteiger partial charge in [-0.2, -0.15) is 0 Å². The van der Waals surface area contributed by atoms with Gasteiger partial charge in [-0.15, -0.1) is 0 Å². The third-order valence-corrected chi connectivity index (χ3v) is 3.06. The zero-order chi connectivity index (χ0) is 11.5. The van der Waals surface area contributed by atoms with Gasteiger partial charge in [-0.3, -0.25) is 9.36 Å². The van der Waals surface area contributed by atoms with Gasteiger partial charge in [-0.1, -0.05) is 28.1 Å². The van der Waals surface area contributed by atoms with Crippen LogP contribution >= 0.6 is 15.9 Å². The molecule has 0 saturated heterocycles. The molecule has 1 aromatic carbocycles. The summed E-state index contributed by atoms with van der Waals surface area (Å²) in [4.78, 5) is 16.1. The summed E-state index contributed by atoms with van der Waals surface area (Å²) in [5.41, 5.74) is 0.558. The van der Waals surface area contributed by atoms with Crippen LogP contribution in [0.15, 0.2) is 35.4 Å². The molecule has 16 heavy (non-hydrogen) atoms. The first-order chi connectivity index (χ1) is 7.72. The Morgan fingerprint density at radius 2 is 2.19 bits per heavy atom. The topological polar surface area (TPSA) is 55.1 Å². The van der Waals surface area contributed by atoms with Crippen molar-refractivity contribution >= 4 is 26.8 Å². The molecule has 1 aromatic heterocycles. The molecule has 5 heteroatoms. The molecule has 1 heterocycles. The van der Waals surface area contributed by atoms with Crippen molar-refractivity contribution in [2.75, 3.05) is 5.33 Å². The Morgan fingerprint density at radius 1 is 1.44 bits per heavy atom. The molecule has 1 unspecified atom stereocenters. The van der Waals surface area contributed by atoms with E-state index in [4.69, 9.17) is 0 Å². The van der Waals surface area contributed by atoms with Crippen molar-refractivity contribution in [2.45, 2.75) is 12.6 Å². The minimum absolute atomic E-state index is 0.120. The first kappa shape index (κ1) is 11.3. The average Bonchev–Trinajstić information content (AvgIpc) is 2.33. The van der Waals surface area contributed by atoms with Gasteiger partial charge in [0.1, 0.15) is 0 Å². The molecule has 0 bridgehead atoms. The lowest BCUT2D eigenvalue weighted by Crippen LogP contribution is -2.27. The molecule has 0 aliphatic heterocycles. The van der Waals surface area contributed by atoms with Crippen molar-refractivity contribution < 1.29 is 5.11 Å². The van der Waals surface area contributed by atoms with Crippen molar-refractivity contribution in [1.29, 1.82) is 0 Å². The second-order valence-corrected chi connectivity index (χ2v) is 4.17. The molecule has 4 nitrogen and oxygen atoms in total. The number of hydrogen-bond acceptors (Lipinski definition) is 3. The molecular formula is C11H11BrN2O2. The van der Waals surface area contributed by atoms with Crippen molar-refractivity contribution in [2.24, 2.45) is 0 Å². The van der Waals surface area contributed by atoms with Crippen LogP contribution in [0.2, 0.25) is 0 Å². The van der Waals surface area contributed by atoms with Gasteiger partial charge < -0.3 is 5.11 Å². The third-order valence-electron chi connectivity index (χ3n) is 2.32. The SMILES string of the molecule is O=c1c2ccccc2ncn1CC(O)CBr. The normalized spacial score (nSPS) is 12.9. The van der Waals surface area contributed by atoms with E-state index in [2.05, 4.69) is 20.9 Å². The van der Waals surface area contributed by atoms with E-state index in [9.17, 15) is 9.90 Å². The molecule has 0 aliphatic rings. The van der Waals surface area contributed by atoms with Crippen LogP contribution in [0.3, 0.4) is 0 Å². The van der Waals surface area contributed by atoms with E-state index in [1.807, 2.05) is 6.07 Å². The zero-order valence-electron chi connectivity index (χ0n) is 8.51. The summed E-state index contributed by atoms with van der Waals surface area (Å²) < 4.78 is 1.42. The lowest BCUT2D eigenvalue weighted by molar-refractivity contribution is 0.177. The Morgan fingerprint density at radius 3 is 2.94 bits per heavy atom. The van der Waals surface area contributed by atoms with Crippen LogP contribution in [-0.4, -0.2) is 26.1 Å². The maximum atomic E-state index is 12.0. The van der Waals surface area contributed by atoms with E-state index in [0.29, 0.717) is 16.2 Å². The molecule has 1 N–H and O–H groups in total. The van der Waals surface area contributed by atoms with Gasteiger partial charge >= 0.3 is 0 Å². The summed E-state index contributed by atoms with van der Waals surface area (Å²) in [5, 5.41) is 10.5. The summed E-state index contributed by atoms with van der Waals surface area (Å²) in [6.07, 6.45) is 0.886. The third kappa shape index (κ3) is 2.15. The average molecular weight is 283 g/mol. The number of para-hydroxylation sites is 1. The number of halogens is 1. The fraction of sp³-hybridized carbons (Fsp3) is 0.273. The maximum Gasteiger partial charge on any atom is 0.261 e. The van der Waals surface area contributed by atoms with Crippen LogP contribution < -0.4 is 5.56 Å². The predicted octanol–water partition coefficient (Wildman–Crippen LogP) is 1.15. The number of fused-ring (bicyclic) bond motifs is 1. The van der Waals surface area contributed by atoms with E-state index in [1.54, 1.807) is 18.2 Å². The van der Waals surface area contributed by atoms with Crippen molar-refractivity contribution in [3.8, 4) is 0 Å². The second kappa shape index (κ2) is 4.76. The smallest absolute Gasteiger partial charge is 0.261 e. The molecule has 0 spiro atoms. The minimum atomic E-state index is -0.583. The highest BCUT2D eigenvalue weighted by Gasteiger charge is 2.07. The maximum absolute atomic E-state index is 12.0. The highest BCUT2D eigenvalue weighted by atomic mass is 79.9. The molecule has 1 atom stereocenters.